The van der Waals surface area contributed by atoms with E-state index >= 15 is 0 Å². The summed E-state index contributed by atoms with van der Waals surface area (Å²) in [5.74, 6) is 0.872. The summed E-state index contributed by atoms with van der Waals surface area (Å²) in [7, 11) is 0. The van der Waals surface area contributed by atoms with E-state index in [4.69, 9.17) is 11.6 Å². The van der Waals surface area contributed by atoms with Crippen molar-refractivity contribution in [1.29, 1.82) is 0 Å². The normalized spacial score (nSPS) is 11.7. The van der Waals surface area contributed by atoms with E-state index in [0.29, 0.717) is 23.9 Å². The summed E-state index contributed by atoms with van der Waals surface area (Å²) in [6.45, 7) is 6.58. The lowest BCUT2D eigenvalue weighted by Crippen LogP contribution is -2.48. The molecule has 0 saturated carbocycles. The van der Waals surface area contributed by atoms with Gasteiger partial charge in [0.15, 0.2) is 0 Å². The van der Waals surface area contributed by atoms with E-state index < -0.39 is 6.04 Å². The van der Waals surface area contributed by atoms with Crippen molar-refractivity contribution >= 4 is 35.2 Å². The maximum atomic E-state index is 12.9. The van der Waals surface area contributed by atoms with Crippen molar-refractivity contribution in [1.82, 2.24) is 10.2 Å². The fourth-order valence-electron chi connectivity index (χ4n) is 2.84. The molecule has 6 heteroatoms. The molecule has 0 radical (unpaired) electrons. The number of benzene rings is 2. The zero-order valence-electron chi connectivity index (χ0n) is 16.6. The standard InChI is InChI=1S/C22H27ClN2O2S/c1-4-24-22(27)17(3)25(13-18-9-7-11-20(23)12-18)21(26)15-28-14-19-10-6-5-8-16(19)2/h5-12,17H,4,13-15H2,1-3H3,(H,24,27). The molecular formula is C22H27ClN2O2S. The van der Waals surface area contributed by atoms with Crippen molar-refractivity contribution in [3.05, 3.63) is 70.2 Å². The summed E-state index contributed by atoms with van der Waals surface area (Å²) in [6.07, 6.45) is 0. The van der Waals surface area contributed by atoms with E-state index in [1.54, 1.807) is 29.7 Å². The van der Waals surface area contributed by atoms with E-state index in [-0.39, 0.29) is 11.8 Å². The van der Waals surface area contributed by atoms with Crippen LogP contribution in [0.15, 0.2) is 48.5 Å². The van der Waals surface area contributed by atoms with E-state index in [9.17, 15) is 9.59 Å². The highest BCUT2D eigenvalue weighted by Gasteiger charge is 2.25. The summed E-state index contributed by atoms with van der Waals surface area (Å²) in [5, 5.41) is 3.42. The average Bonchev–Trinajstić information content (AvgIpc) is 2.67. The Morgan fingerprint density at radius 1 is 1.18 bits per heavy atom. The van der Waals surface area contributed by atoms with Gasteiger partial charge >= 0.3 is 0 Å². The van der Waals surface area contributed by atoms with Crippen molar-refractivity contribution in [3.8, 4) is 0 Å². The Hall–Kier alpha value is -1.98. The molecule has 0 aromatic heterocycles. The Labute approximate surface area is 176 Å². The van der Waals surface area contributed by atoms with Gasteiger partial charge < -0.3 is 10.2 Å². The minimum absolute atomic E-state index is 0.0580. The van der Waals surface area contributed by atoms with Crippen molar-refractivity contribution in [2.45, 2.75) is 39.1 Å². The first-order valence-electron chi connectivity index (χ1n) is 9.36. The Morgan fingerprint density at radius 2 is 1.93 bits per heavy atom. The highest BCUT2D eigenvalue weighted by Crippen LogP contribution is 2.19. The van der Waals surface area contributed by atoms with Crippen LogP contribution in [0.25, 0.3) is 0 Å². The fourth-order valence-corrected chi connectivity index (χ4v) is 4.04. The number of carbonyl (C=O) groups excluding carboxylic acids is 2. The zero-order chi connectivity index (χ0) is 20.5. The van der Waals surface area contributed by atoms with Gasteiger partial charge in [-0.05, 0) is 49.6 Å². The first kappa shape index (κ1) is 22.3. The third kappa shape index (κ3) is 6.57. The highest BCUT2D eigenvalue weighted by atomic mass is 35.5. The van der Waals surface area contributed by atoms with Crippen LogP contribution < -0.4 is 5.32 Å². The van der Waals surface area contributed by atoms with Gasteiger partial charge in [-0.3, -0.25) is 9.59 Å². The molecule has 0 bridgehead atoms. The number of aryl methyl sites for hydroxylation is 1. The monoisotopic (exact) mass is 418 g/mol. The first-order valence-corrected chi connectivity index (χ1v) is 10.9. The topological polar surface area (TPSA) is 49.4 Å². The number of nitrogens with one attached hydrogen (secondary N) is 1. The number of nitrogens with zero attached hydrogens (tertiary/aromatic N) is 1. The molecule has 2 aromatic carbocycles. The number of thioether (sulfide) groups is 1. The quantitative estimate of drug-likeness (QED) is 0.655. The van der Waals surface area contributed by atoms with Crippen molar-refractivity contribution in [2.75, 3.05) is 12.3 Å². The number of likely N-dealkylation sites (N-methyl/N-ethyl adjacent to an activating group) is 1. The lowest BCUT2D eigenvalue weighted by molar-refractivity contribution is -0.138. The number of amides is 2. The smallest absolute Gasteiger partial charge is 0.242 e. The van der Waals surface area contributed by atoms with Gasteiger partial charge in [-0.1, -0.05) is 48.0 Å². The molecule has 2 rings (SSSR count). The van der Waals surface area contributed by atoms with Crippen LogP contribution in [0.1, 0.15) is 30.5 Å². The van der Waals surface area contributed by atoms with Gasteiger partial charge in [0.2, 0.25) is 11.8 Å². The third-order valence-electron chi connectivity index (χ3n) is 4.50. The predicted octanol–water partition coefficient (Wildman–Crippen LogP) is 4.44. The predicted molar refractivity (Wildman–Crippen MR) is 117 cm³/mol. The second-order valence-corrected chi connectivity index (χ2v) is 8.06. The molecule has 2 amide bonds. The SMILES string of the molecule is CCNC(=O)C(C)N(Cc1cccc(Cl)c1)C(=O)CSCc1ccccc1C. The summed E-state index contributed by atoms with van der Waals surface area (Å²) in [6, 6.07) is 15.0. The molecule has 1 unspecified atom stereocenters. The maximum absolute atomic E-state index is 12.9. The summed E-state index contributed by atoms with van der Waals surface area (Å²) in [5.41, 5.74) is 3.34. The number of hydrogen-bond acceptors (Lipinski definition) is 3. The molecule has 150 valence electrons. The molecule has 0 saturated heterocycles. The molecule has 0 aliphatic rings. The molecular weight excluding hydrogens is 392 g/mol. The molecule has 0 spiro atoms. The minimum atomic E-state index is -0.550. The van der Waals surface area contributed by atoms with Crippen LogP contribution in [-0.2, 0) is 21.9 Å². The number of carbonyl (C=O) groups is 2. The van der Waals surface area contributed by atoms with Crippen LogP contribution >= 0.6 is 23.4 Å². The Morgan fingerprint density at radius 3 is 2.61 bits per heavy atom. The van der Waals surface area contributed by atoms with Crippen LogP contribution in [0.4, 0.5) is 0 Å². The lowest BCUT2D eigenvalue weighted by Gasteiger charge is -2.28. The van der Waals surface area contributed by atoms with Gasteiger partial charge in [0.25, 0.3) is 0 Å². The number of rotatable bonds is 9. The fraction of sp³-hybridized carbons (Fsp3) is 0.364. The molecule has 0 aliphatic heterocycles. The third-order valence-corrected chi connectivity index (χ3v) is 5.71. The maximum Gasteiger partial charge on any atom is 0.242 e. The van der Waals surface area contributed by atoms with Crippen LogP contribution in [0.5, 0.6) is 0 Å². The second-order valence-electron chi connectivity index (χ2n) is 6.64. The average molecular weight is 419 g/mol. The van der Waals surface area contributed by atoms with Crippen LogP contribution in [0.2, 0.25) is 5.02 Å². The summed E-state index contributed by atoms with van der Waals surface area (Å²) in [4.78, 5) is 26.9. The Kier molecular flexibility index (Phi) is 8.87. The largest absolute Gasteiger partial charge is 0.355 e. The van der Waals surface area contributed by atoms with E-state index in [1.165, 1.54) is 11.1 Å². The van der Waals surface area contributed by atoms with Gasteiger partial charge in [0.05, 0.1) is 5.75 Å². The first-order chi connectivity index (χ1) is 13.4. The zero-order valence-corrected chi connectivity index (χ0v) is 18.1. The van der Waals surface area contributed by atoms with Gasteiger partial charge in [-0.2, -0.15) is 0 Å². The summed E-state index contributed by atoms with van der Waals surface area (Å²) < 4.78 is 0. The summed E-state index contributed by atoms with van der Waals surface area (Å²) >= 11 is 7.64. The van der Waals surface area contributed by atoms with E-state index in [2.05, 4.69) is 24.4 Å². The molecule has 2 aromatic rings. The number of halogens is 1. The lowest BCUT2D eigenvalue weighted by atomic mass is 10.1. The van der Waals surface area contributed by atoms with E-state index in [1.807, 2.05) is 37.3 Å². The van der Waals surface area contributed by atoms with Crippen molar-refractivity contribution < 1.29 is 9.59 Å². The second kappa shape index (κ2) is 11.1. The molecule has 4 nitrogen and oxygen atoms in total. The molecule has 0 aliphatic carbocycles. The Bertz CT molecular complexity index is 813. The van der Waals surface area contributed by atoms with Gasteiger partial charge in [-0.15, -0.1) is 11.8 Å². The van der Waals surface area contributed by atoms with Gasteiger partial charge in [-0.25, -0.2) is 0 Å². The van der Waals surface area contributed by atoms with Crippen LogP contribution in [0, 0.1) is 6.92 Å². The van der Waals surface area contributed by atoms with Gasteiger partial charge in [0, 0.05) is 23.9 Å². The van der Waals surface area contributed by atoms with Crippen molar-refractivity contribution in [2.24, 2.45) is 0 Å². The molecule has 0 heterocycles. The molecule has 1 atom stereocenters. The van der Waals surface area contributed by atoms with Crippen LogP contribution in [-0.4, -0.2) is 35.1 Å². The molecule has 0 fully saturated rings. The minimum Gasteiger partial charge on any atom is -0.355 e. The molecule has 1 N–H and O–H groups in total. The molecule has 28 heavy (non-hydrogen) atoms. The van der Waals surface area contributed by atoms with Gasteiger partial charge in [0.1, 0.15) is 6.04 Å². The number of hydrogen-bond donors (Lipinski definition) is 1. The highest BCUT2D eigenvalue weighted by molar-refractivity contribution is 7.99. The van der Waals surface area contributed by atoms with E-state index in [0.717, 1.165) is 11.3 Å². The van der Waals surface area contributed by atoms with Crippen LogP contribution in [0.3, 0.4) is 0 Å². The van der Waals surface area contributed by atoms with Crippen molar-refractivity contribution in [3.63, 3.8) is 0 Å². The Balaban J connectivity index is 2.07.